The van der Waals surface area contributed by atoms with Gasteiger partial charge in [-0.1, -0.05) is 36.2 Å². The lowest BCUT2D eigenvalue weighted by Gasteiger charge is -2.34. The third kappa shape index (κ3) is 5.26. The van der Waals surface area contributed by atoms with Crippen LogP contribution in [0.15, 0.2) is 18.2 Å². The summed E-state index contributed by atoms with van der Waals surface area (Å²) in [4.78, 5) is 45.4. The van der Waals surface area contributed by atoms with Gasteiger partial charge in [0.25, 0.3) is 0 Å². The Morgan fingerprint density at radius 1 is 0.974 bits per heavy atom. The number of piperidine rings is 1. The monoisotopic (exact) mass is 575 g/mol. The topological polar surface area (TPSA) is 70.2 Å². The molecule has 5 fully saturated rings. The molecule has 0 aromatic heterocycles. The van der Waals surface area contributed by atoms with Gasteiger partial charge in [0.2, 0.25) is 11.8 Å². The minimum absolute atomic E-state index is 0.00653. The number of hydrogen-bond donors (Lipinski definition) is 0. The molecule has 7 nitrogen and oxygen atoms in total. The van der Waals surface area contributed by atoms with Gasteiger partial charge in [-0.15, -0.1) is 0 Å². The van der Waals surface area contributed by atoms with Crippen molar-refractivity contribution in [3.63, 3.8) is 0 Å². The van der Waals surface area contributed by atoms with Crippen molar-refractivity contribution in [2.45, 2.75) is 76.4 Å². The number of carbonyl (C=O) groups excluding carboxylic acids is 3. The summed E-state index contributed by atoms with van der Waals surface area (Å²) in [5, 5.41) is 0.944. The fourth-order valence-corrected chi connectivity index (χ4v) is 7.79. The predicted molar refractivity (Wildman–Crippen MR) is 150 cm³/mol. The third-order valence-electron chi connectivity index (χ3n) is 10.3. The highest BCUT2D eigenvalue weighted by Crippen LogP contribution is 2.47. The molecule has 2 aliphatic heterocycles. The fraction of sp³-hybridized carbons (Fsp3) is 0.700. The van der Waals surface area contributed by atoms with Crippen LogP contribution in [0.25, 0.3) is 0 Å². The number of likely N-dealkylation sites (N-methyl/N-ethyl adjacent to an activating group) is 1. The summed E-state index contributed by atoms with van der Waals surface area (Å²) in [5.41, 5.74) is 0.783. The van der Waals surface area contributed by atoms with Crippen LogP contribution >= 0.6 is 23.2 Å². The number of hydrogen-bond acceptors (Lipinski definition) is 4. The number of nitrogens with zero attached hydrogens (tertiary/aromatic N) is 3. The smallest absolute Gasteiger partial charge is 0.410 e. The predicted octanol–water partition coefficient (Wildman–Crippen LogP) is 5.58. The molecule has 39 heavy (non-hydrogen) atoms. The highest BCUT2D eigenvalue weighted by molar-refractivity contribution is 6.42. The summed E-state index contributed by atoms with van der Waals surface area (Å²) in [6, 6.07) is 5.35. The van der Waals surface area contributed by atoms with Gasteiger partial charge in [0, 0.05) is 50.5 Å². The van der Waals surface area contributed by atoms with Crippen LogP contribution in [-0.4, -0.2) is 78.0 Å². The lowest BCUT2D eigenvalue weighted by atomic mass is 9.93. The molecule has 0 radical (unpaired) electrons. The van der Waals surface area contributed by atoms with Crippen LogP contribution in [0.2, 0.25) is 10.0 Å². The Morgan fingerprint density at radius 2 is 1.72 bits per heavy atom. The minimum atomic E-state index is -0.308. The molecular weight excluding hydrogens is 537 g/mol. The standard InChI is InChI=1S/C30H39Cl2N3O4/c1-30(9-10-30)28(37)34-11-7-19(8-12-34)27(36)35-16-22(20-5-6-23(31)24(32)15-20)25(17-35)33(2)29(38)39-26-14-18-3-4-21(26)13-18/h5-6,15,18-19,21-22,25-26H,3-4,7-14,16-17H2,1-2H3/t18-,21+,22+,25-,26-/m0/s1. The van der Waals surface area contributed by atoms with Crippen LogP contribution in [0.4, 0.5) is 4.79 Å². The first kappa shape index (κ1) is 27.2. The number of ether oxygens (including phenoxy) is 1. The number of rotatable bonds is 5. The van der Waals surface area contributed by atoms with Gasteiger partial charge in [-0.05, 0) is 80.9 Å². The molecule has 3 aliphatic carbocycles. The van der Waals surface area contributed by atoms with E-state index in [0.29, 0.717) is 60.9 Å². The van der Waals surface area contributed by atoms with Crippen molar-refractivity contribution in [2.75, 3.05) is 33.2 Å². The van der Waals surface area contributed by atoms with E-state index in [1.807, 2.05) is 28.9 Å². The Morgan fingerprint density at radius 3 is 2.33 bits per heavy atom. The van der Waals surface area contributed by atoms with Gasteiger partial charge in [-0.2, -0.15) is 0 Å². The molecule has 2 bridgehead atoms. The summed E-state index contributed by atoms with van der Waals surface area (Å²) in [7, 11) is 1.79. The van der Waals surface area contributed by atoms with E-state index in [4.69, 9.17) is 27.9 Å². The van der Waals surface area contributed by atoms with Crippen LogP contribution in [-0.2, 0) is 14.3 Å². The van der Waals surface area contributed by atoms with Gasteiger partial charge in [-0.3, -0.25) is 9.59 Å². The van der Waals surface area contributed by atoms with E-state index in [0.717, 1.165) is 31.2 Å². The van der Waals surface area contributed by atoms with Crippen molar-refractivity contribution in [3.05, 3.63) is 33.8 Å². The van der Waals surface area contributed by atoms with Crippen molar-refractivity contribution in [2.24, 2.45) is 23.2 Å². The van der Waals surface area contributed by atoms with Crippen molar-refractivity contribution in [1.82, 2.24) is 14.7 Å². The molecular formula is C30H39Cl2N3O4. The van der Waals surface area contributed by atoms with E-state index in [2.05, 4.69) is 0 Å². The van der Waals surface area contributed by atoms with Crippen LogP contribution in [0.3, 0.4) is 0 Å². The van der Waals surface area contributed by atoms with E-state index >= 15 is 0 Å². The largest absolute Gasteiger partial charge is 0.446 e. The zero-order valence-electron chi connectivity index (χ0n) is 22.9. The molecule has 5 atom stereocenters. The van der Waals surface area contributed by atoms with Crippen LogP contribution in [0, 0.1) is 23.2 Å². The molecule has 212 valence electrons. The summed E-state index contributed by atoms with van der Waals surface area (Å²) < 4.78 is 6.02. The highest BCUT2D eigenvalue weighted by Gasteiger charge is 2.49. The molecule has 0 unspecified atom stereocenters. The van der Waals surface area contributed by atoms with E-state index in [1.165, 1.54) is 12.8 Å². The first-order chi connectivity index (χ1) is 18.6. The number of likely N-dealkylation sites (tertiary alicyclic amines) is 2. The van der Waals surface area contributed by atoms with Crippen molar-refractivity contribution >= 4 is 41.1 Å². The molecule has 1 aromatic rings. The molecule has 3 saturated carbocycles. The zero-order valence-corrected chi connectivity index (χ0v) is 24.4. The molecule has 3 amide bonds. The first-order valence-corrected chi connectivity index (χ1v) is 15.3. The molecule has 2 heterocycles. The van der Waals surface area contributed by atoms with Crippen LogP contribution < -0.4 is 0 Å². The van der Waals surface area contributed by atoms with Gasteiger partial charge < -0.3 is 19.4 Å². The Balaban J connectivity index is 1.14. The Kier molecular flexibility index (Phi) is 7.28. The Hall–Kier alpha value is -1.99. The molecule has 5 aliphatic rings. The van der Waals surface area contributed by atoms with Gasteiger partial charge in [-0.25, -0.2) is 4.79 Å². The average Bonchev–Trinajstić information content (AvgIpc) is 3.29. The quantitative estimate of drug-likeness (QED) is 0.459. The molecule has 0 N–H and O–H groups in total. The van der Waals surface area contributed by atoms with Crippen molar-refractivity contribution in [1.29, 1.82) is 0 Å². The lowest BCUT2D eigenvalue weighted by Crippen LogP contribution is -2.47. The van der Waals surface area contributed by atoms with Gasteiger partial charge >= 0.3 is 6.09 Å². The normalized spacial score (nSPS) is 31.4. The average molecular weight is 577 g/mol. The molecule has 9 heteroatoms. The maximum atomic E-state index is 13.7. The first-order valence-electron chi connectivity index (χ1n) is 14.6. The second-order valence-electron chi connectivity index (χ2n) is 12.9. The second-order valence-corrected chi connectivity index (χ2v) is 13.7. The highest BCUT2D eigenvalue weighted by atomic mass is 35.5. The van der Waals surface area contributed by atoms with E-state index in [1.54, 1.807) is 18.0 Å². The maximum absolute atomic E-state index is 13.7. The van der Waals surface area contributed by atoms with E-state index < -0.39 is 0 Å². The van der Waals surface area contributed by atoms with Crippen molar-refractivity contribution < 1.29 is 19.1 Å². The van der Waals surface area contributed by atoms with Crippen LogP contribution in [0.1, 0.15) is 69.8 Å². The number of carbonyl (C=O) groups is 3. The van der Waals surface area contributed by atoms with Gasteiger partial charge in [0.1, 0.15) is 6.10 Å². The Labute approximate surface area is 241 Å². The number of benzene rings is 1. The molecule has 0 spiro atoms. The van der Waals surface area contributed by atoms with Gasteiger partial charge in [0.05, 0.1) is 16.1 Å². The summed E-state index contributed by atoms with van der Waals surface area (Å²) >= 11 is 12.6. The minimum Gasteiger partial charge on any atom is -0.446 e. The zero-order chi connectivity index (χ0) is 27.5. The summed E-state index contributed by atoms with van der Waals surface area (Å²) in [5.74, 6) is 1.32. The lowest BCUT2D eigenvalue weighted by molar-refractivity contribution is -0.142. The number of halogens is 2. The third-order valence-corrected chi connectivity index (χ3v) is 11.1. The molecule has 1 aromatic carbocycles. The molecule has 6 rings (SSSR count). The molecule has 2 saturated heterocycles. The van der Waals surface area contributed by atoms with Crippen molar-refractivity contribution in [3.8, 4) is 0 Å². The Bertz CT molecular complexity index is 1150. The van der Waals surface area contributed by atoms with E-state index in [9.17, 15) is 14.4 Å². The SMILES string of the molecule is CN(C(=O)O[C@H]1C[C@H]2CC[C@@H]1C2)[C@H]1CN(C(=O)C2CCN(C(=O)C3(C)CC3)CC2)C[C@@H]1c1ccc(Cl)c(Cl)c1. The fourth-order valence-electron chi connectivity index (χ4n) is 7.48. The summed E-state index contributed by atoms with van der Waals surface area (Å²) in [6.07, 6.45) is 7.53. The van der Waals surface area contributed by atoms with E-state index in [-0.39, 0.29) is 47.3 Å². The summed E-state index contributed by atoms with van der Waals surface area (Å²) in [6.45, 7) is 4.26. The number of fused-ring (bicyclic) bond motifs is 2. The maximum Gasteiger partial charge on any atom is 0.410 e. The second kappa shape index (κ2) is 10.4. The van der Waals surface area contributed by atoms with Gasteiger partial charge in [0.15, 0.2) is 0 Å². The van der Waals surface area contributed by atoms with Crippen LogP contribution in [0.5, 0.6) is 0 Å². The number of amides is 3.